The highest BCUT2D eigenvalue weighted by atomic mass is 79.9. The van der Waals surface area contributed by atoms with Crippen molar-refractivity contribution in [2.45, 2.75) is 26.3 Å². The lowest BCUT2D eigenvalue weighted by Crippen LogP contribution is -2.07. The van der Waals surface area contributed by atoms with Crippen molar-refractivity contribution in [2.75, 3.05) is 11.9 Å². The molecule has 2 rings (SSSR count). The van der Waals surface area contributed by atoms with Gasteiger partial charge in [0.25, 0.3) is 0 Å². The third kappa shape index (κ3) is 4.61. The SMILES string of the molecule is CCCOc1ccc(C(C)Nc2cc(Br)cnc2Cl)cc1. The number of anilines is 1. The first-order valence-corrected chi connectivity index (χ1v) is 8.07. The minimum Gasteiger partial charge on any atom is -0.494 e. The molecule has 0 amide bonds. The van der Waals surface area contributed by atoms with Crippen LogP contribution in [0.1, 0.15) is 31.9 Å². The van der Waals surface area contributed by atoms with E-state index in [2.05, 4.69) is 52.2 Å². The number of benzene rings is 1. The maximum atomic E-state index is 6.10. The van der Waals surface area contributed by atoms with Gasteiger partial charge >= 0.3 is 0 Å². The quantitative estimate of drug-likeness (QED) is 0.687. The predicted molar refractivity (Wildman–Crippen MR) is 91.2 cm³/mol. The van der Waals surface area contributed by atoms with Crippen molar-refractivity contribution in [2.24, 2.45) is 0 Å². The number of hydrogen-bond acceptors (Lipinski definition) is 3. The van der Waals surface area contributed by atoms with Crippen LogP contribution in [0.2, 0.25) is 5.15 Å². The number of hydrogen-bond donors (Lipinski definition) is 1. The van der Waals surface area contributed by atoms with Gasteiger partial charge in [-0.05, 0) is 53.0 Å². The molecule has 1 N–H and O–H groups in total. The van der Waals surface area contributed by atoms with Crippen molar-refractivity contribution < 1.29 is 4.74 Å². The number of ether oxygens (including phenoxy) is 1. The normalized spacial score (nSPS) is 12.0. The van der Waals surface area contributed by atoms with Gasteiger partial charge in [0.1, 0.15) is 5.75 Å². The van der Waals surface area contributed by atoms with Gasteiger partial charge in [-0.3, -0.25) is 0 Å². The molecule has 0 aliphatic carbocycles. The van der Waals surface area contributed by atoms with Crippen LogP contribution in [-0.4, -0.2) is 11.6 Å². The summed E-state index contributed by atoms with van der Waals surface area (Å²) in [6, 6.07) is 10.1. The van der Waals surface area contributed by atoms with Crippen LogP contribution < -0.4 is 10.1 Å². The molecule has 2 aromatic rings. The van der Waals surface area contributed by atoms with Gasteiger partial charge in [-0.1, -0.05) is 30.7 Å². The van der Waals surface area contributed by atoms with Crippen LogP contribution in [-0.2, 0) is 0 Å². The van der Waals surface area contributed by atoms with E-state index in [1.54, 1.807) is 6.20 Å². The lowest BCUT2D eigenvalue weighted by molar-refractivity contribution is 0.317. The molecule has 1 atom stereocenters. The van der Waals surface area contributed by atoms with Crippen LogP contribution in [0, 0.1) is 0 Å². The van der Waals surface area contributed by atoms with Crippen LogP contribution in [0.5, 0.6) is 5.75 Å². The Morgan fingerprint density at radius 1 is 1.33 bits per heavy atom. The molecule has 1 heterocycles. The zero-order valence-electron chi connectivity index (χ0n) is 12.1. The Morgan fingerprint density at radius 2 is 2.05 bits per heavy atom. The smallest absolute Gasteiger partial charge is 0.152 e. The summed E-state index contributed by atoms with van der Waals surface area (Å²) in [6.07, 6.45) is 2.69. The van der Waals surface area contributed by atoms with Gasteiger partial charge in [-0.2, -0.15) is 0 Å². The predicted octanol–water partition coefficient (Wildman–Crippen LogP) is 5.46. The Hall–Kier alpha value is -1.26. The minimum absolute atomic E-state index is 0.124. The first-order chi connectivity index (χ1) is 10.1. The van der Waals surface area contributed by atoms with Gasteiger partial charge in [-0.15, -0.1) is 0 Å². The van der Waals surface area contributed by atoms with Gasteiger partial charge in [0, 0.05) is 16.7 Å². The molecule has 0 bridgehead atoms. The summed E-state index contributed by atoms with van der Waals surface area (Å²) in [5, 5.41) is 3.83. The number of halogens is 2. The van der Waals surface area contributed by atoms with Crippen molar-refractivity contribution in [3.63, 3.8) is 0 Å². The van der Waals surface area contributed by atoms with Gasteiger partial charge in [0.2, 0.25) is 0 Å². The molecule has 1 unspecified atom stereocenters. The molecule has 0 saturated heterocycles. The van der Waals surface area contributed by atoms with Crippen LogP contribution >= 0.6 is 27.5 Å². The average Bonchev–Trinajstić information content (AvgIpc) is 2.49. The maximum absolute atomic E-state index is 6.10. The third-order valence-corrected chi connectivity index (χ3v) is 3.77. The summed E-state index contributed by atoms with van der Waals surface area (Å²) in [5.74, 6) is 0.898. The molecule has 1 aromatic heterocycles. The van der Waals surface area contributed by atoms with Crippen LogP contribution in [0.15, 0.2) is 41.0 Å². The molecular weight excluding hydrogens is 352 g/mol. The first-order valence-electron chi connectivity index (χ1n) is 6.90. The second-order valence-electron chi connectivity index (χ2n) is 4.78. The lowest BCUT2D eigenvalue weighted by Gasteiger charge is -2.17. The summed E-state index contributed by atoms with van der Waals surface area (Å²) in [5.41, 5.74) is 1.97. The van der Waals surface area contributed by atoms with E-state index >= 15 is 0 Å². The highest BCUT2D eigenvalue weighted by Crippen LogP contribution is 2.27. The fraction of sp³-hybridized carbons (Fsp3) is 0.312. The zero-order valence-corrected chi connectivity index (χ0v) is 14.4. The van der Waals surface area contributed by atoms with Crippen LogP contribution in [0.25, 0.3) is 0 Å². The fourth-order valence-corrected chi connectivity index (χ4v) is 2.40. The van der Waals surface area contributed by atoms with E-state index in [0.29, 0.717) is 5.15 Å². The molecule has 0 fully saturated rings. The third-order valence-electron chi connectivity index (χ3n) is 3.03. The van der Waals surface area contributed by atoms with Gasteiger partial charge in [0.15, 0.2) is 5.15 Å². The molecule has 0 spiro atoms. The van der Waals surface area contributed by atoms with E-state index < -0.39 is 0 Å². The monoisotopic (exact) mass is 368 g/mol. The summed E-state index contributed by atoms with van der Waals surface area (Å²) in [7, 11) is 0. The van der Waals surface area contributed by atoms with Gasteiger partial charge in [-0.25, -0.2) is 4.98 Å². The van der Waals surface area contributed by atoms with Gasteiger partial charge < -0.3 is 10.1 Å². The highest BCUT2D eigenvalue weighted by Gasteiger charge is 2.09. The fourth-order valence-electron chi connectivity index (χ4n) is 1.91. The Balaban J connectivity index is 2.05. The van der Waals surface area contributed by atoms with E-state index in [0.717, 1.165) is 34.5 Å². The Labute approximate surface area is 138 Å². The topological polar surface area (TPSA) is 34.1 Å². The number of aromatic nitrogens is 1. The van der Waals surface area contributed by atoms with Gasteiger partial charge in [0.05, 0.1) is 12.3 Å². The molecule has 3 nitrogen and oxygen atoms in total. The average molecular weight is 370 g/mol. The second-order valence-corrected chi connectivity index (χ2v) is 6.05. The molecule has 5 heteroatoms. The largest absolute Gasteiger partial charge is 0.494 e. The molecule has 1 aromatic carbocycles. The molecule has 0 saturated carbocycles. The van der Waals surface area contributed by atoms with Crippen LogP contribution in [0.4, 0.5) is 5.69 Å². The molecule has 0 aliphatic heterocycles. The number of rotatable bonds is 6. The summed E-state index contributed by atoms with van der Waals surface area (Å²) >= 11 is 9.49. The lowest BCUT2D eigenvalue weighted by atomic mass is 10.1. The molecule has 112 valence electrons. The summed E-state index contributed by atoms with van der Waals surface area (Å²) in [4.78, 5) is 4.11. The maximum Gasteiger partial charge on any atom is 0.152 e. The minimum atomic E-state index is 0.124. The van der Waals surface area contributed by atoms with Crippen molar-refractivity contribution in [3.8, 4) is 5.75 Å². The molecule has 0 radical (unpaired) electrons. The number of nitrogens with one attached hydrogen (secondary N) is 1. The zero-order chi connectivity index (χ0) is 15.2. The summed E-state index contributed by atoms with van der Waals surface area (Å²) in [6.45, 7) is 4.92. The number of pyridine rings is 1. The van der Waals surface area contributed by atoms with Crippen molar-refractivity contribution in [1.82, 2.24) is 4.98 Å². The Morgan fingerprint density at radius 3 is 2.71 bits per heavy atom. The van der Waals surface area contributed by atoms with E-state index in [1.807, 2.05) is 18.2 Å². The molecule has 0 aliphatic rings. The van der Waals surface area contributed by atoms with Crippen molar-refractivity contribution in [1.29, 1.82) is 0 Å². The number of nitrogens with zero attached hydrogens (tertiary/aromatic N) is 1. The van der Waals surface area contributed by atoms with E-state index in [-0.39, 0.29) is 6.04 Å². The molecule has 21 heavy (non-hydrogen) atoms. The van der Waals surface area contributed by atoms with E-state index in [4.69, 9.17) is 16.3 Å². The van der Waals surface area contributed by atoms with Crippen molar-refractivity contribution in [3.05, 3.63) is 51.7 Å². The highest BCUT2D eigenvalue weighted by molar-refractivity contribution is 9.10. The van der Waals surface area contributed by atoms with E-state index in [1.165, 1.54) is 0 Å². The van der Waals surface area contributed by atoms with Crippen molar-refractivity contribution >= 4 is 33.2 Å². The first kappa shape index (κ1) is 16.1. The molecular formula is C16H18BrClN2O. The second kappa shape index (κ2) is 7.66. The summed E-state index contributed by atoms with van der Waals surface area (Å²) < 4.78 is 6.48. The van der Waals surface area contributed by atoms with Crippen LogP contribution in [0.3, 0.4) is 0 Å². The Kier molecular flexibility index (Phi) is 5.88. The standard InChI is InChI=1S/C16H18BrClN2O/c1-3-8-21-14-6-4-12(5-7-14)11(2)20-15-9-13(17)10-19-16(15)18/h4-7,9-11,20H,3,8H2,1-2H3. The van der Waals surface area contributed by atoms with E-state index in [9.17, 15) is 0 Å². The Bertz CT molecular complexity index is 589.